The molecule has 0 aromatic carbocycles. The van der Waals surface area contributed by atoms with Crippen LogP contribution >= 0.6 is 12.4 Å². The van der Waals surface area contributed by atoms with Crippen LogP contribution in [0.15, 0.2) is 0 Å². The van der Waals surface area contributed by atoms with Crippen LogP contribution in [0.4, 0.5) is 0 Å². The number of aliphatic hydroxyl groups excluding tert-OH is 1. The molecule has 0 rings (SSSR count). The van der Waals surface area contributed by atoms with Crippen molar-refractivity contribution in [2.75, 3.05) is 20.6 Å². The summed E-state index contributed by atoms with van der Waals surface area (Å²) in [6.45, 7) is 0.395. The van der Waals surface area contributed by atoms with E-state index in [9.17, 15) is 4.79 Å². The Morgan fingerprint density at radius 2 is 2.00 bits per heavy atom. The summed E-state index contributed by atoms with van der Waals surface area (Å²) in [6.07, 6.45) is -0.939. The van der Waals surface area contributed by atoms with E-state index in [0.29, 0.717) is 6.54 Å². The van der Waals surface area contributed by atoms with Gasteiger partial charge in [-0.2, -0.15) is 0 Å². The molecule has 2 N–H and O–H groups in total. The molecule has 0 radical (unpaired) electrons. The lowest BCUT2D eigenvalue weighted by Gasteiger charge is -2.13. The second kappa shape index (κ2) is 6.39. The van der Waals surface area contributed by atoms with Crippen molar-refractivity contribution in [2.24, 2.45) is 0 Å². The zero-order valence-corrected chi connectivity index (χ0v) is 7.47. The Balaban J connectivity index is 0. The van der Waals surface area contributed by atoms with Gasteiger partial charge < -0.3 is 15.1 Å². The normalized spacial score (nSPS) is 12.4. The third kappa shape index (κ3) is 9.68. The molecular weight excluding hydrogens is 170 g/mol. The van der Waals surface area contributed by atoms with E-state index >= 15 is 0 Å². The number of hydrogen-bond acceptors (Lipinski definition) is 3. The summed E-state index contributed by atoms with van der Waals surface area (Å²) in [6, 6.07) is 0. The zero-order valence-electron chi connectivity index (χ0n) is 6.65. The molecule has 0 bridgehead atoms. The topological polar surface area (TPSA) is 60.8 Å². The van der Waals surface area contributed by atoms with Gasteiger partial charge in [0, 0.05) is 6.54 Å². The van der Waals surface area contributed by atoms with Crippen molar-refractivity contribution in [2.45, 2.75) is 12.5 Å². The van der Waals surface area contributed by atoms with Crippen LogP contribution in [-0.2, 0) is 4.79 Å². The van der Waals surface area contributed by atoms with Crippen molar-refractivity contribution in [1.82, 2.24) is 4.90 Å². The maximum atomic E-state index is 10.0. The van der Waals surface area contributed by atoms with Gasteiger partial charge in [0.2, 0.25) is 0 Å². The SMILES string of the molecule is CN(C)CC(O)CC(=O)O.Cl. The summed E-state index contributed by atoms with van der Waals surface area (Å²) in [5.41, 5.74) is 0. The predicted molar refractivity (Wildman–Crippen MR) is 44.1 cm³/mol. The first-order valence-corrected chi connectivity index (χ1v) is 3.07. The minimum atomic E-state index is -0.964. The molecule has 11 heavy (non-hydrogen) atoms. The predicted octanol–water partition coefficient (Wildman–Crippen LogP) is -0.195. The number of likely N-dealkylation sites (N-methyl/N-ethyl adjacent to an activating group) is 1. The number of carboxylic acids is 1. The highest BCUT2D eigenvalue weighted by molar-refractivity contribution is 5.85. The fourth-order valence-corrected chi connectivity index (χ4v) is 0.688. The van der Waals surface area contributed by atoms with Gasteiger partial charge in [-0.15, -0.1) is 12.4 Å². The molecule has 0 saturated carbocycles. The van der Waals surface area contributed by atoms with Gasteiger partial charge in [-0.25, -0.2) is 0 Å². The summed E-state index contributed by atoms with van der Waals surface area (Å²) in [4.78, 5) is 11.8. The number of aliphatic carboxylic acids is 1. The number of halogens is 1. The maximum absolute atomic E-state index is 10.0. The fraction of sp³-hybridized carbons (Fsp3) is 0.833. The van der Waals surface area contributed by atoms with Crippen LogP contribution in [-0.4, -0.2) is 47.8 Å². The average molecular weight is 184 g/mol. The first kappa shape index (κ1) is 13.3. The van der Waals surface area contributed by atoms with Crippen LogP contribution in [0.25, 0.3) is 0 Å². The Kier molecular flexibility index (Phi) is 7.72. The average Bonchev–Trinajstić information content (AvgIpc) is 1.58. The summed E-state index contributed by atoms with van der Waals surface area (Å²) in [5, 5.41) is 17.2. The van der Waals surface area contributed by atoms with Crippen molar-refractivity contribution >= 4 is 18.4 Å². The maximum Gasteiger partial charge on any atom is 0.306 e. The Hall–Kier alpha value is -0.320. The van der Waals surface area contributed by atoms with Crippen molar-refractivity contribution in [3.05, 3.63) is 0 Å². The minimum Gasteiger partial charge on any atom is -0.481 e. The summed E-state index contributed by atoms with van der Waals surface area (Å²) >= 11 is 0. The van der Waals surface area contributed by atoms with Gasteiger partial charge in [-0.1, -0.05) is 0 Å². The van der Waals surface area contributed by atoms with Gasteiger partial charge in [-0.3, -0.25) is 4.79 Å². The van der Waals surface area contributed by atoms with E-state index in [-0.39, 0.29) is 18.8 Å². The number of nitrogens with zero attached hydrogens (tertiary/aromatic N) is 1. The van der Waals surface area contributed by atoms with E-state index in [2.05, 4.69) is 0 Å². The van der Waals surface area contributed by atoms with Gasteiger partial charge in [-0.05, 0) is 14.1 Å². The first-order valence-electron chi connectivity index (χ1n) is 3.07. The number of hydrogen-bond donors (Lipinski definition) is 2. The van der Waals surface area contributed by atoms with Crippen LogP contribution < -0.4 is 0 Å². The van der Waals surface area contributed by atoms with E-state index in [1.165, 1.54) is 0 Å². The lowest BCUT2D eigenvalue weighted by Crippen LogP contribution is -2.27. The van der Waals surface area contributed by atoms with Crippen LogP contribution in [0.2, 0.25) is 0 Å². The van der Waals surface area contributed by atoms with Gasteiger partial charge >= 0.3 is 5.97 Å². The highest BCUT2D eigenvalue weighted by Gasteiger charge is 2.09. The summed E-state index contributed by atoms with van der Waals surface area (Å²) in [7, 11) is 3.57. The van der Waals surface area contributed by atoms with Crippen molar-refractivity contribution in [1.29, 1.82) is 0 Å². The van der Waals surface area contributed by atoms with E-state index in [1.807, 2.05) is 0 Å². The Labute approximate surface area is 72.2 Å². The van der Waals surface area contributed by atoms with Crippen LogP contribution in [0.3, 0.4) is 0 Å². The molecule has 1 atom stereocenters. The molecule has 0 aliphatic heterocycles. The van der Waals surface area contributed by atoms with Crippen molar-refractivity contribution < 1.29 is 15.0 Å². The molecule has 0 saturated heterocycles. The van der Waals surface area contributed by atoms with Gasteiger partial charge in [0.15, 0.2) is 0 Å². The van der Waals surface area contributed by atoms with Crippen LogP contribution in [0.5, 0.6) is 0 Å². The Morgan fingerprint density at radius 3 is 2.27 bits per heavy atom. The molecule has 4 nitrogen and oxygen atoms in total. The Morgan fingerprint density at radius 1 is 1.55 bits per heavy atom. The summed E-state index contributed by atoms with van der Waals surface area (Å²) < 4.78 is 0. The lowest BCUT2D eigenvalue weighted by molar-refractivity contribution is -0.139. The second-order valence-electron chi connectivity index (χ2n) is 2.51. The quantitative estimate of drug-likeness (QED) is 0.634. The molecule has 0 aliphatic rings. The van der Waals surface area contributed by atoms with Crippen LogP contribution in [0.1, 0.15) is 6.42 Å². The first-order chi connectivity index (χ1) is 4.52. The smallest absolute Gasteiger partial charge is 0.306 e. The molecule has 0 spiro atoms. The molecule has 0 heterocycles. The molecule has 0 aliphatic carbocycles. The van der Waals surface area contributed by atoms with E-state index in [1.54, 1.807) is 19.0 Å². The van der Waals surface area contributed by atoms with E-state index < -0.39 is 12.1 Å². The molecule has 0 amide bonds. The zero-order chi connectivity index (χ0) is 8.15. The molecule has 0 aromatic heterocycles. The summed E-state index contributed by atoms with van der Waals surface area (Å²) in [5.74, 6) is -0.964. The fourth-order valence-electron chi connectivity index (χ4n) is 0.688. The van der Waals surface area contributed by atoms with Gasteiger partial charge in [0.25, 0.3) is 0 Å². The standard InChI is InChI=1S/C6H13NO3.ClH/c1-7(2)4-5(8)3-6(9)10;/h5,8H,3-4H2,1-2H3,(H,9,10);1H. The van der Waals surface area contributed by atoms with E-state index in [0.717, 1.165) is 0 Å². The number of carbonyl (C=O) groups is 1. The highest BCUT2D eigenvalue weighted by Crippen LogP contribution is 1.92. The van der Waals surface area contributed by atoms with Crippen molar-refractivity contribution in [3.63, 3.8) is 0 Å². The highest BCUT2D eigenvalue weighted by atomic mass is 35.5. The van der Waals surface area contributed by atoms with E-state index in [4.69, 9.17) is 10.2 Å². The van der Waals surface area contributed by atoms with Gasteiger partial charge in [0.05, 0.1) is 12.5 Å². The second-order valence-corrected chi connectivity index (χ2v) is 2.51. The molecule has 5 heteroatoms. The largest absolute Gasteiger partial charge is 0.481 e. The minimum absolute atomic E-state index is 0. The third-order valence-corrected chi connectivity index (χ3v) is 0.986. The monoisotopic (exact) mass is 183 g/mol. The Bertz CT molecular complexity index is 118. The van der Waals surface area contributed by atoms with Crippen molar-refractivity contribution in [3.8, 4) is 0 Å². The molecule has 1 unspecified atom stereocenters. The molecule has 0 fully saturated rings. The number of aliphatic hydroxyl groups is 1. The number of carboxylic acid groups (broad SMARTS) is 1. The molecular formula is C6H14ClNO3. The van der Waals surface area contributed by atoms with Gasteiger partial charge in [0.1, 0.15) is 0 Å². The molecule has 0 aromatic rings. The molecule has 68 valence electrons. The van der Waals surface area contributed by atoms with Crippen LogP contribution in [0, 0.1) is 0 Å². The lowest BCUT2D eigenvalue weighted by atomic mass is 10.2. The number of rotatable bonds is 4. The third-order valence-electron chi connectivity index (χ3n) is 0.986.